The van der Waals surface area contributed by atoms with Gasteiger partial charge in [-0.05, 0) is 48.6 Å². The molecule has 0 unspecified atom stereocenters. The van der Waals surface area contributed by atoms with Crippen LogP contribution in [0.15, 0.2) is 115 Å². The highest BCUT2D eigenvalue weighted by Gasteiger charge is 2.64. The molecule has 2 atom stereocenters. The average Bonchev–Trinajstić information content (AvgIpc) is 3.78. The zero-order chi connectivity index (χ0) is 43.5. The number of ether oxygens (including phenoxy) is 2. The predicted molar refractivity (Wildman–Crippen MR) is 210 cm³/mol. The summed E-state index contributed by atoms with van der Waals surface area (Å²) in [4.78, 5) is 60.1. The first-order chi connectivity index (χ1) is 29.1. The highest BCUT2D eigenvalue weighted by Crippen LogP contribution is 2.60. The van der Waals surface area contributed by atoms with E-state index in [1.165, 1.54) is 30.6 Å². The Morgan fingerprint density at radius 3 is 2.36 bits per heavy atom. The molecule has 19 heteroatoms. The molecule has 2 amide bonds. The number of alkyl carbamates (subject to hydrolysis) is 1. The summed E-state index contributed by atoms with van der Waals surface area (Å²) in [5.74, 6) is -3.14. The Kier molecular flexibility index (Phi) is 12.0. The van der Waals surface area contributed by atoms with E-state index < -0.39 is 66.4 Å². The lowest BCUT2D eigenvalue weighted by Gasteiger charge is -2.32. The Hall–Kier alpha value is -6.56. The van der Waals surface area contributed by atoms with Gasteiger partial charge in [0.05, 0.1) is 40.5 Å². The fourth-order valence-corrected chi connectivity index (χ4v) is 7.22. The smallest absolute Gasteiger partial charge is 0.414 e. The molecule has 61 heavy (non-hydrogen) atoms. The fourth-order valence-electron chi connectivity index (χ4n) is 7.03. The number of guanidine groups is 1. The standard InChI is InChI=1S/C42H36ClF5N8O5/c1-25(2)19-41(29-11-8-27(9-12-29)31-21-49-16-17-50-31)37(58)55(38(54-41)53-39(59)61-22-26-6-4-3-5-7-26)33(23-60-34(57)20-40(14-15-40)42(46,47)48)28-10-13-30(43)32(18-28)56-36(35(44)45)51-24-52-56/h3-13,16-18,21,24,33,35H,1,14-15,19-20,22-23H2,2H3,(H,53,54,59)/t33-,41-/m1/s1. The summed E-state index contributed by atoms with van der Waals surface area (Å²) in [5, 5.41) is 6.38. The number of aromatic nitrogens is 5. The number of benzene rings is 3. The van der Waals surface area contributed by atoms with Crippen molar-refractivity contribution in [3.8, 4) is 16.9 Å². The molecule has 0 radical (unpaired) electrons. The van der Waals surface area contributed by atoms with E-state index >= 15 is 4.79 Å². The molecule has 0 saturated heterocycles. The second kappa shape index (κ2) is 17.2. The third kappa shape index (κ3) is 8.99. The monoisotopic (exact) mass is 862 g/mol. The minimum Gasteiger partial charge on any atom is -0.463 e. The molecule has 2 aromatic heterocycles. The molecule has 1 saturated carbocycles. The predicted octanol–water partition coefficient (Wildman–Crippen LogP) is 8.62. The Morgan fingerprint density at radius 2 is 1.72 bits per heavy atom. The van der Waals surface area contributed by atoms with Crippen molar-refractivity contribution in [2.75, 3.05) is 6.61 Å². The molecule has 13 nitrogen and oxygen atoms in total. The number of hydrogen-bond acceptors (Lipinski definition) is 10. The van der Waals surface area contributed by atoms with Crippen molar-refractivity contribution in [1.29, 1.82) is 0 Å². The van der Waals surface area contributed by atoms with Crippen LogP contribution >= 0.6 is 11.6 Å². The van der Waals surface area contributed by atoms with E-state index in [-0.39, 0.29) is 48.1 Å². The van der Waals surface area contributed by atoms with Crippen molar-refractivity contribution in [2.45, 2.75) is 63.4 Å². The molecule has 5 aromatic rings. The van der Waals surface area contributed by atoms with Crippen molar-refractivity contribution in [2.24, 2.45) is 10.4 Å². The number of hydrogen-bond donors (Lipinski definition) is 1. The molecule has 1 aliphatic heterocycles. The number of esters is 1. The molecule has 0 spiro atoms. The van der Waals surface area contributed by atoms with Crippen LogP contribution in [0.2, 0.25) is 5.02 Å². The van der Waals surface area contributed by atoms with Crippen LogP contribution in [0.25, 0.3) is 16.9 Å². The van der Waals surface area contributed by atoms with Crippen LogP contribution in [-0.2, 0) is 31.2 Å². The number of nitrogens with one attached hydrogen (secondary N) is 1. The van der Waals surface area contributed by atoms with Crippen LogP contribution < -0.4 is 5.32 Å². The quantitative estimate of drug-likeness (QED) is 0.0657. The molecule has 316 valence electrons. The molecular weight excluding hydrogens is 827 g/mol. The number of aliphatic imine (C=N–C) groups is 1. The summed E-state index contributed by atoms with van der Waals surface area (Å²) in [5.41, 5.74) is -1.47. The largest absolute Gasteiger partial charge is 0.463 e. The molecule has 3 heterocycles. The summed E-state index contributed by atoms with van der Waals surface area (Å²) in [6.45, 7) is 4.74. The van der Waals surface area contributed by atoms with Crippen LogP contribution in [0.3, 0.4) is 0 Å². The van der Waals surface area contributed by atoms with Crippen LogP contribution in [-0.4, -0.2) is 66.3 Å². The first-order valence-corrected chi connectivity index (χ1v) is 19.1. The van der Waals surface area contributed by atoms with E-state index in [1.807, 2.05) is 0 Å². The minimum absolute atomic E-state index is 0.0724. The van der Waals surface area contributed by atoms with E-state index in [9.17, 15) is 31.5 Å². The van der Waals surface area contributed by atoms with Crippen molar-refractivity contribution < 1.29 is 45.8 Å². The lowest BCUT2D eigenvalue weighted by molar-refractivity contribution is -0.195. The molecule has 1 N–H and O–H groups in total. The molecule has 1 aliphatic carbocycles. The topological polar surface area (TPSA) is 154 Å². The van der Waals surface area contributed by atoms with Crippen LogP contribution in [0.5, 0.6) is 0 Å². The van der Waals surface area contributed by atoms with E-state index in [0.29, 0.717) is 28.0 Å². The second-order valence-electron chi connectivity index (χ2n) is 14.7. The highest BCUT2D eigenvalue weighted by molar-refractivity contribution is 6.32. The summed E-state index contributed by atoms with van der Waals surface area (Å²) in [6, 6.07) is 17.9. The lowest BCUT2D eigenvalue weighted by Crippen LogP contribution is -2.49. The van der Waals surface area contributed by atoms with E-state index in [0.717, 1.165) is 15.9 Å². The van der Waals surface area contributed by atoms with Gasteiger partial charge in [0.25, 0.3) is 12.3 Å². The second-order valence-corrected chi connectivity index (χ2v) is 15.1. The zero-order valence-electron chi connectivity index (χ0n) is 32.3. The number of carbonyl (C=O) groups is 3. The van der Waals surface area contributed by atoms with Gasteiger partial charge in [-0.1, -0.05) is 77.8 Å². The number of alkyl halides is 5. The maximum atomic E-state index is 15.4. The van der Waals surface area contributed by atoms with Gasteiger partial charge in [0.1, 0.15) is 19.5 Å². The third-order valence-electron chi connectivity index (χ3n) is 10.3. The van der Waals surface area contributed by atoms with E-state index in [4.69, 9.17) is 26.1 Å². The summed E-state index contributed by atoms with van der Waals surface area (Å²) in [6.07, 6.45) is -4.96. The van der Waals surface area contributed by atoms with Gasteiger partial charge in [-0.3, -0.25) is 29.8 Å². The number of amides is 2. The van der Waals surface area contributed by atoms with Crippen molar-refractivity contribution in [3.05, 3.63) is 137 Å². The number of nitrogens with zero attached hydrogens (tertiary/aromatic N) is 7. The first-order valence-electron chi connectivity index (χ1n) is 18.7. The summed E-state index contributed by atoms with van der Waals surface area (Å²) >= 11 is 6.51. The average molecular weight is 863 g/mol. The van der Waals surface area contributed by atoms with E-state index in [1.54, 1.807) is 67.7 Å². The molecular formula is C42H36ClF5N8O5. The number of rotatable bonds is 14. The molecule has 1 fully saturated rings. The van der Waals surface area contributed by atoms with E-state index in [2.05, 4.69) is 31.9 Å². The van der Waals surface area contributed by atoms with Gasteiger partial charge >= 0.3 is 18.2 Å². The fraction of sp³-hybridized carbons (Fsp3) is 0.286. The Balaban J connectivity index is 1.33. The maximum absolute atomic E-state index is 15.4. The van der Waals surface area contributed by atoms with Gasteiger partial charge in [-0.25, -0.2) is 28.2 Å². The van der Waals surface area contributed by atoms with Gasteiger partial charge in [-0.15, -0.1) is 6.58 Å². The Morgan fingerprint density at radius 1 is 0.984 bits per heavy atom. The van der Waals surface area contributed by atoms with Crippen molar-refractivity contribution in [1.82, 2.24) is 34.9 Å². The molecule has 0 bridgehead atoms. The highest BCUT2D eigenvalue weighted by atomic mass is 35.5. The lowest BCUT2D eigenvalue weighted by atomic mass is 9.83. The Labute approximate surface area is 350 Å². The summed E-state index contributed by atoms with van der Waals surface area (Å²) in [7, 11) is 0. The van der Waals surface area contributed by atoms with Gasteiger partial charge < -0.3 is 9.47 Å². The van der Waals surface area contributed by atoms with Gasteiger partial charge in [0.2, 0.25) is 5.96 Å². The van der Waals surface area contributed by atoms with Crippen LogP contribution in [0.1, 0.15) is 67.6 Å². The normalized spacial score (nSPS) is 17.5. The minimum atomic E-state index is -4.67. The van der Waals surface area contributed by atoms with Crippen LogP contribution in [0.4, 0.5) is 26.7 Å². The van der Waals surface area contributed by atoms with Crippen LogP contribution in [0, 0.1) is 5.41 Å². The first kappa shape index (κ1) is 42.6. The van der Waals surface area contributed by atoms with Crippen molar-refractivity contribution >= 4 is 35.5 Å². The van der Waals surface area contributed by atoms with Gasteiger partial charge in [0.15, 0.2) is 11.4 Å². The molecule has 2 aliphatic rings. The van der Waals surface area contributed by atoms with Gasteiger partial charge in [-0.2, -0.15) is 18.3 Å². The van der Waals surface area contributed by atoms with Gasteiger partial charge in [0, 0.05) is 24.4 Å². The SMILES string of the molecule is C=C(C)C[C@]1(c2ccc(-c3cnccn3)cc2)N=C(NC(=O)OCc2ccccc2)N([C@H](COC(=O)CC2(C(F)(F)F)CC2)c2ccc(Cl)c(-n3ncnc3C(F)F)c2)C1=O. The maximum Gasteiger partial charge on any atom is 0.414 e. The number of halogens is 6. The molecule has 7 rings (SSSR count). The Bertz CT molecular complexity index is 2470. The third-order valence-corrected chi connectivity index (χ3v) is 10.6. The molecule has 3 aromatic carbocycles. The van der Waals surface area contributed by atoms with Crippen molar-refractivity contribution in [3.63, 3.8) is 0 Å². The number of carbonyl (C=O) groups excluding carboxylic acids is 3. The summed E-state index contributed by atoms with van der Waals surface area (Å²) < 4.78 is 81.7. The zero-order valence-corrected chi connectivity index (χ0v) is 33.0.